The molecule has 0 amide bonds. The Labute approximate surface area is 135 Å². The standard InChI is InChI=1S/C16H19N3O3S/c17-23(20,21)19-8-6-16(7-9-19)10-13(16)15-18-14(11-22-15)12-4-2-1-3-5-12/h1-5,11,13H,6-10H2,(H2,17,20,21)/t13-/m0/s1. The molecule has 1 saturated carbocycles. The zero-order valence-electron chi connectivity index (χ0n) is 12.7. The van der Waals surface area contributed by atoms with Gasteiger partial charge in [-0.3, -0.25) is 0 Å². The molecule has 2 fully saturated rings. The number of hydrogen-bond donors (Lipinski definition) is 1. The van der Waals surface area contributed by atoms with Gasteiger partial charge >= 0.3 is 0 Å². The maximum absolute atomic E-state index is 11.4. The Morgan fingerprint density at radius 1 is 1.22 bits per heavy atom. The van der Waals surface area contributed by atoms with Crippen LogP contribution in [0.3, 0.4) is 0 Å². The molecule has 2 heterocycles. The summed E-state index contributed by atoms with van der Waals surface area (Å²) >= 11 is 0. The molecule has 1 saturated heterocycles. The minimum absolute atomic E-state index is 0.139. The Morgan fingerprint density at radius 2 is 1.91 bits per heavy atom. The van der Waals surface area contributed by atoms with Crippen LogP contribution in [0.5, 0.6) is 0 Å². The quantitative estimate of drug-likeness (QED) is 0.931. The Hall–Kier alpha value is -1.70. The van der Waals surface area contributed by atoms with Crippen molar-refractivity contribution in [3.63, 3.8) is 0 Å². The molecule has 1 aromatic heterocycles. The zero-order valence-corrected chi connectivity index (χ0v) is 13.5. The largest absolute Gasteiger partial charge is 0.448 e. The van der Waals surface area contributed by atoms with E-state index in [9.17, 15) is 8.42 Å². The third kappa shape index (κ3) is 2.69. The van der Waals surface area contributed by atoms with Crippen molar-refractivity contribution in [1.82, 2.24) is 9.29 Å². The molecule has 7 heteroatoms. The second-order valence-electron chi connectivity index (χ2n) is 6.50. The summed E-state index contributed by atoms with van der Waals surface area (Å²) in [4.78, 5) is 4.64. The summed E-state index contributed by atoms with van der Waals surface area (Å²) in [5.41, 5.74) is 2.03. The third-order valence-corrected chi connectivity index (χ3v) is 6.24. The van der Waals surface area contributed by atoms with Crippen LogP contribution in [-0.4, -0.2) is 30.8 Å². The van der Waals surface area contributed by atoms with Crippen LogP contribution in [0, 0.1) is 5.41 Å². The number of hydrogen-bond acceptors (Lipinski definition) is 4. The van der Waals surface area contributed by atoms with Gasteiger partial charge in [-0.15, -0.1) is 0 Å². The van der Waals surface area contributed by atoms with Crippen molar-refractivity contribution in [2.24, 2.45) is 10.6 Å². The van der Waals surface area contributed by atoms with E-state index in [0.717, 1.165) is 36.4 Å². The predicted molar refractivity (Wildman–Crippen MR) is 85.6 cm³/mol. The number of benzene rings is 1. The Bertz CT molecular complexity index is 808. The summed E-state index contributed by atoms with van der Waals surface area (Å²) in [7, 11) is -3.57. The first-order valence-corrected chi connectivity index (χ1v) is 9.27. The molecule has 2 N–H and O–H groups in total. The van der Waals surface area contributed by atoms with Crippen LogP contribution in [0.1, 0.15) is 31.1 Å². The lowest BCUT2D eigenvalue weighted by Crippen LogP contribution is -2.43. The van der Waals surface area contributed by atoms with Crippen molar-refractivity contribution in [3.8, 4) is 11.3 Å². The van der Waals surface area contributed by atoms with E-state index in [0.29, 0.717) is 19.0 Å². The smallest absolute Gasteiger partial charge is 0.276 e. The van der Waals surface area contributed by atoms with Crippen LogP contribution in [0.25, 0.3) is 11.3 Å². The lowest BCUT2D eigenvalue weighted by molar-refractivity contribution is 0.246. The normalized spacial score (nSPS) is 24.0. The van der Waals surface area contributed by atoms with Crippen LogP contribution < -0.4 is 5.14 Å². The highest BCUT2D eigenvalue weighted by Crippen LogP contribution is 2.64. The fourth-order valence-electron chi connectivity index (χ4n) is 3.62. The monoisotopic (exact) mass is 333 g/mol. The minimum Gasteiger partial charge on any atom is -0.448 e. The lowest BCUT2D eigenvalue weighted by Gasteiger charge is -2.30. The van der Waals surface area contributed by atoms with Gasteiger partial charge in [0.05, 0.1) is 0 Å². The number of oxazole rings is 1. The van der Waals surface area contributed by atoms with Gasteiger partial charge in [-0.05, 0) is 24.7 Å². The van der Waals surface area contributed by atoms with Gasteiger partial charge in [-0.1, -0.05) is 30.3 Å². The molecule has 1 aliphatic heterocycles. The van der Waals surface area contributed by atoms with E-state index in [1.165, 1.54) is 4.31 Å². The van der Waals surface area contributed by atoms with E-state index in [-0.39, 0.29) is 5.41 Å². The SMILES string of the molecule is NS(=O)(=O)N1CCC2(CC1)C[C@H]2c1nc(-c2ccccc2)co1. The molecule has 1 aliphatic carbocycles. The molecule has 1 atom stereocenters. The van der Waals surface area contributed by atoms with Crippen LogP contribution in [-0.2, 0) is 10.2 Å². The second-order valence-corrected chi connectivity index (χ2v) is 8.05. The van der Waals surface area contributed by atoms with E-state index in [1.54, 1.807) is 6.26 Å². The van der Waals surface area contributed by atoms with Crippen LogP contribution in [0.4, 0.5) is 0 Å². The summed E-state index contributed by atoms with van der Waals surface area (Å²) in [6, 6.07) is 9.94. The van der Waals surface area contributed by atoms with Gasteiger partial charge in [0.2, 0.25) is 0 Å². The van der Waals surface area contributed by atoms with E-state index >= 15 is 0 Å². The van der Waals surface area contributed by atoms with Crippen molar-refractivity contribution in [2.75, 3.05) is 13.1 Å². The molecule has 4 rings (SSSR count). The number of rotatable bonds is 3. The van der Waals surface area contributed by atoms with Crippen molar-refractivity contribution < 1.29 is 12.8 Å². The third-order valence-electron chi connectivity index (χ3n) is 5.16. The van der Waals surface area contributed by atoms with Crippen molar-refractivity contribution >= 4 is 10.2 Å². The first-order valence-electron chi connectivity index (χ1n) is 7.77. The molecule has 2 aromatic rings. The Balaban J connectivity index is 1.47. The topological polar surface area (TPSA) is 89.4 Å². The van der Waals surface area contributed by atoms with Gasteiger partial charge in [0.15, 0.2) is 5.89 Å². The molecule has 1 aromatic carbocycles. The summed E-state index contributed by atoms with van der Waals surface area (Å²) in [5, 5.41) is 5.20. The molecule has 23 heavy (non-hydrogen) atoms. The molecular formula is C16H19N3O3S. The Morgan fingerprint density at radius 3 is 2.57 bits per heavy atom. The highest BCUT2D eigenvalue weighted by Gasteiger charge is 2.58. The van der Waals surface area contributed by atoms with E-state index in [4.69, 9.17) is 9.56 Å². The first kappa shape index (κ1) is 14.9. The molecule has 0 radical (unpaired) electrons. The zero-order chi connectivity index (χ0) is 16.1. The molecule has 0 bridgehead atoms. The number of piperidine rings is 1. The van der Waals surface area contributed by atoms with E-state index in [2.05, 4.69) is 4.98 Å². The van der Waals surface area contributed by atoms with Crippen molar-refractivity contribution in [3.05, 3.63) is 42.5 Å². The maximum Gasteiger partial charge on any atom is 0.276 e. The lowest BCUT2D eigenvalue weighted by atomic mass is 9.92. The highest BCUT2D eigenvalue weighted by molar-refractivity contribution is 7.86. The molecule has 2 aliphatic rings. The average Bonchev–Trinajstić information content (AvgIpc) is 3.02. The molecule has 6 nitrogen and oxygen atoms in total. The van der Waals surface area contributed by atoms with E-state index < -0.39 is 10.2 Å². The molecular weight excluding hydrogens is 314 g/mol. The molecule has 122 valence electrons. The summed E-state index contributed by atoms with van der Waals surface area (Å²) in [6.07, 6.45) is 4.35. The molecule has 1 spiro atoms. The van der Waals surface area contributed by atoms with Crippen LogP contribution in [0.15, 0.2) is 41.0 Å². The van der Waals surface area contributed by atoms with Gasteiger partial charge < -0.3 is 4.42 Å². The highest BCUT2D eigenvalue weighted by atomic mass is 32.2. The van der Waals surface area contributed by atoms with Gasteiger partial charge in [-0.25, -0.2) is 10.1 Å². The first-order chi connectivity index (χ1) is 11.0. The van der Waals surface area contributed by atoms with Gasteiger partial charge in [0.1, 0.15) is 12.0 Å². The number of nitrogens with two attached hydrogens (primary N) is 1. The van der Waals surface area contributed by atoms with Gasteiger partial charge in [0, 0.05) is 24.6 Å². The number of aromatic nitrogens is 1. The maximum atomic E-state index is 11.4. The van der Waals surface area contributed by atoms with Crippen LogP contribution in [0.2, 0.25) is 0 Å². The number of nitrogens with zero attached hydrogens (tertiary/aromatic N) is 2. The van der Waals surface area contributed by atoms with Crippen molar-refractivity contribution in [2.45, 2.75) is 25.2 Å². The predicted octanol–water partition coefficient (Wildman–Crippen LogP) is 2.11. The minimum atomic E-state index is -3.57. The van der Waals surface area contributed by atoms with E-state index in [1.807, 2.05) is 30.3 Å². The van der Waals surface area contributed by atoms with Crippen molar-refractivity contribution in [1.29, 1.82) is 0 Å². The average molecular weight is 333 g/mol. The van der Waals surface area contributed by atoms with Crippen LogP contribution >= 0.6 is 0 Å². The molecule has 0 unspecified atom stereocenters. The fraction of sp³-hybridized carbons (Fsp3) is 0.438. The Kier molecular flexibility index (Phi) is 3.33. The van der Waals surface area contributed by atoms with Gasteiger partial charge in [-0.2, -0.15) is 12.7 Å². The summed E-state index contributed by atoms with van der Waals surface area (Å²) < 4.78 is 29.9. The second kappa shape index (κ2) is 5.15. The van der Waals surface area contributed by atoms with Gasteiger partial charge in [0.25, 0.3) is 10.2 Å². The summed E-state index contributed by atoms with van der Waals surface area (Å²) in [5.74, 6) is 1.07. The fourth-order valence-corrected chi connectivity index (χ4v) is 4.32. The summed E-state index contributed by atoms with van der Waals surface area (Å²) in [6.45, 7) is 0.975.